The lowest BCUT2D eigenvalue weighted by Crippen LogP contribution is -2.59. The van der Waals surface area contributed by atoms with Crippen molar-refractivity contribution in [3.63, 3.8) is 0 Å². The number of nitrogens with two attached hydrogens (primary N) is 1. The predicted molar refractivity (Wildman–Crippen MR) is 196 cm³/mol. The van der Waals surface area contributed by atoms with Gasteiger partial charge in [-0.2, -0.15) is 4.31 Å². The van der Waals surface area contributed by atoms with E-state index in [0.29, 0.717) is 30.3 Å². The van der Waals surface area contributed by atoms with E-state index in [1.165, 1.54) is 17.1 Å². The van der Waals surface area contributed by atoms with Gasteiger partial charge in [0, 0.05) is 37.1 Å². The van der Waals surface area contributed by atoms with Gasteiger partial charge < -0.3 is 20.1 Å². The zero-order valence-corrected chi connectivity index (χ0v) is 29.7. The second kappa shape index (κ2) is 13.8. The average molecular weight is 714 g/mol. The molecular formula is C40H44ClN3O5S. The second-order valence-corrected chi connectivity index (χ2v) is 16.9. The lowest BCUT2D eigenvalue weighted by molar-refractivity contribution is -0.139. The number of fused-ring (bicyclic) bond motifs is 3. The number of amides is 1. The van der Waals surface area contributed by atoms with Crippen LogP contribution in [-0.4, -0.2) is 67.5 Å². The van der Waals surface area contributed by atoms with Crippen LogP contribution in [0.5, 0.6) is 11.5 Å². The summed E-state index contributed by atoms with van der Waals surface area (Å²) in [6, 6.07) is 25.8. The fourth-order valence-corrected chi connectivity index (χ4v) is 10.3. The molecule has 0 spiro atoms. The standard InChI is InChI=1S/C40H44ClN3O5S/c41-32-13-7-26(8-14-32)27-9-15-34(16-10-27)49-36-19-20-44(38(23-36)40(45)43-24-30-5-6-31(25-43)39(30)42)50(46,47)37-18-12-28-21-35(17-11-29(28)22-37)48-33-3-1-2-4-33/h7-18,21-22,30-31,33,36,38-39H,1-6,19-20,23-25,42H2/t30?,31?,36-,38-,39?/m1/s1. The summed E-state index contributed by atoms with van der Waals surface area (Å²) < 4.78 is 42.9. The number of halogens is 1. The van der Waals surface area contributed by atoms with Gasteiger partial charge in [0.1, 0.15) is 23.6 Å². The number of hydrogen-bond donors (Lipinski definition) is 1. The van der Waals surface area contributed by atoms with E-state index < -0.39 is 16.1 Å². The highest BCUT2D eigenvalue weighted by atomic mass is 35.5. The second-order valence-electron chi connectivity index (χ2n) is 14.5. The largest absolute Gasteiger partial charge is 0.490 e. The van der Waals surface area contributed by atoms with Gasteiger partial charge in [-0.25, -0.2) is 8.42 Å². The third kappa shape index (κ3) is 6.73. The summed E-state index contributed by atoms with van der Waals surface area (Å²) in [6.45, 7) is 1.32. The van der Waals surface area contributed by atoms with Crippen LogP contribution in [0.2, 0.25) is 5.02 Å². The Kier molecular flexibility index (Phi) is 9.27. The van der Waals surface area contributed by atoms with Gasteiger partial charge >= 0.3 is 0 Å². The third-order valence-corrected chi connectivity index (χ3v) is 13.5. The van der Waals surface area contributed by atoms with E-state index in [-0.39, 0.29) is 53.9 Å². The van der Waals surface area contributed by atoms with Gasteiger partial charge in [0.05, 0.1) is 11.0 Å². The van der Waals surface area contributed by atoms with E-state index in [1.54, 1.807) is 12.1 Å². The van der Waals surface area contributed by atoms with E-state index in [0.717, 1.165) is 53.3 Å². The number of nitrogens with zero attached hydrogens (tertiary/aromatic N) is 2. The van der Waals surface area contributed by atoms with Crippen LogP contribution in [0.4, 0.5) is 0 Å². The molecule has 4 aliphatic rings. The van der Waals surface area contributed by atoms with Gasteiger partial charge in [0.2, 0.25) is 15.9 Å². The van der Waals surface area contributed by atoms with Gasteiger partial charge in [0.15, 0.2) is 0 Å². The van der Waals surface area contributed by atoms with E-state index in [1.807, 2.05) is 77.7 Å². The van der Waals surface area contributed by atoms with Gasteiger partial charge in [-0.15, -0.1) is 0 Å². The summed E-state index contributed by atoms with van der Waals surface area (Å²) in [5.74, 6) is 1.84. The van der Waals surface area contributed by atoms with Crippen molar-refractivity contribution in [3.05, 3.63) is 90.0 Å². The minimum absolute atomic E-state index is 0.0962. The molecule has 2 saturated heterocycles. The van der Waals surface area contributed by atoms with Crippen LogP contribution in [0, 0.1) is 11.8 Å². The Labute approximate surface area is 299 Å². The van der Waals surface area contributed by atoms with Crippen molar-refractivity contribution in [1.82, 2.24) is 9.21 Å². The molecule has 1 amide bonds. The van der Waals surface area contributed by atoms with E-state index in [2.05, 4.69) is 0 Å². The first-order chi connectivity index (χ1) is 24.2. The lowest BCUT2D eigenvalue weighted by atomic mass is 9.91. The molecular weight excluding hydrogens is 670 g/mol. The number of ether oxygens (including phenoxy) is 2. The van der Waals surface area contributed by atoms with Crippen LogP contribution < -0.4 is 15.2 Å². The number of carbonyl (C=O) groups excluding carboxylic acids is 1. The fraction of sp³-hybridized carbons (Fsp3) is 0.425. The Morgan fingerprint density at radius 1 is 0.720 bits per heavy atom. The first-order valence-corrected chi connectivity index (χ1v) is 19.8. The minimum Gasteiger partial charge on any atom is -0.490 e. The molecule has 0 aromatic heterocycles. The molecule has 0 radical (unpaired) electrons. The Bertz CT molecular complexity index is 1950. The topological polar surface area (TPSA) is 102 Å². The maximum absolute atomic E-state index is 14.4. The van der Waals surface area contributed by atoms with Crippen molar-refractivity contribution in [2.24, 2.45) is 17.6 Å². The molecule has 10 heteroatoms. The Morgan fingerprint density at radius 3 is 2.02 bits per heavy atom. The van der Waals surface area contributed by atoms with E-state index in [4.69, 9.17) is 26.8 Å². The molecule has 2 heterocycles. The molecule has 8 nitrogen and oxygen atoms in total. The highest BCUT2D eigenvalue weighted by molar-refractivity contribution is 7.89. The number of sulfonamides is 1. The SMILES string of the molecule is NC1C2CCC1CN(C(=O)[C@H]1C[C@H](Oc3ccc(-c4ccc(Cl)cc4)cc3)CCN1S(=O)(=O)c1ccc3cc(OC4CCCC4)ccc3c1)C2. The molecule has 2 saturated carbocycles. The van der Waals surface area contributed by atoms with Crippen molar-refractivity contribution >= 4 is 38.3 Å². The van der Waals surface area contributed by atoms with Crippen molar-refractivity contribution < 1.29 is 22.7 Å². The molecule has 4 atom stereocenters. The van der Waals surface area contributed by atoms with Gasteiger partial charge in [-0.3, -0.25) is 4.79 Å². The van der Waals surface area contributed by atoms with Gasteiger partial charge in [0.25, 0.3) is 0 Å². The Balaban J connectivity index is 1.03. The van der Waals surface area contributed by atoms with Crippen molar-refractivity contribution in [3.8, 4) is 22.6 Å². The van der Waals surface area contributed by atoms with Crippen LogP contribution in [0.3, 0.4) is 0 Å². The zero-order chi connectivity index (χ0) is 34.4. The average Bonchev–Trinajstić information content (AvgIpc) is 3.70. The quantitative estimate of drug-likeness (QED) is 0.206. The van der Waals surface area contributed by atoms with Crippen molar-refractivity contribution in [2.45, 2.75) is 80.6 Å². The molecule has 4 fully saturated rings. The number of carbonyl (C=O) groups is 1. The zero-order valence-electron chi connectivity index (χ0n) is 28.1. The van der Waals surface area contributed by atoms with Crippen LogP contribution in [0.1, 0.15) is 51.4 Å². The molecule has 4 aromatic carbocycles. The molecule has 50 heavy (non-hydrogen) atoms. The summed E-state index contributed by atoms with van der Waals surface area (Å²) in [4.78, 5) is 16.4. The van der Waals surface area contributed by atoms with Crippen molar-refractivity contribution in [1.29, 1.82) is 0 Å². The summed E-state index contributed by atoms with van der Waals surface area (Å²) in [7, 11) is -4.01. The number of piperidine rings is 2. The molecule has 2 aliphatic heterocycles. The Hall–Kier alpha value is -3.63. The first-order valence-electron chi connectivity index (χ1n) is 18.0. The van der Waals surface area contributed by atoms with Crippen LogP contribution >= 0.6 is 11.6 Å². The summed E-state index contributed by atoms with van der Waals surface area (Å²) >= 11 is 6.07. The molecule has 2 bridgehead atoms. The smallest absolute Gasteiger partial charge is 0.243 e. The lowest BCUT2D eigenvalue weighted by Gasteiger charge is -2.42. The number of rotatable bonds is 8. The molecule has 2 N–H and O–H groups in total. The van der Waals surface area contributed by atoms with E-state index >= 15 is 0 Å². The number of benzene rings is 4. The Morgan fingerprint density at radius 2 is 1.32 bits per heavy atom. The van der Waals surface area contributed by atoms with Crippen LogP contribution in [0.15, 0.2) is 89.8 Å². The normalized spacial score (nSPS) is 26.0. The maximum Gasteiger partial charge on any atom is 0.243 e. The van der Waals surface area contributed by atoms with E-state index in [9.17, 15) is 13.2 Å². The van der Waals surface area contributed by atoms with Gasteiger partial charge in [-0.05, 0) is 127 Å². The highest BCUT2D eigenvalue weighted by Crippen LogP contribution is 2.38. The number of hydrogen-bond acceptors (Lipinski definition) is 6. The van der Waals surface area contributed by atoms with Crippen LogP contribution in [-0.2, 0) is 14.8 Å². The predicted octanol–water partition coefficient (Wildman–Crippen LogP) is 7.28. The molecule has 262 valence electrons. The molecule has 4 aromatic rings. The molecule has 8 rings (SSSR count). The molecule has 2 unspecified atom stereocenters. The minimum atomic E-state index is -4.01. The van der Waals surface area contributed by atoms with Crippen molar-refractivity contribution in [2.75, 3.05) is 19.6 Å². The summed E-state index contributed by atoms with van der Waals surface area (Å²) in [5.41, 5.74) is 8.56. The summed E-state index contributed by atoms with van der Waals surface area (Å²) in [5, 5.41) is 2.42. The monoisotopic (exact) mass is 713 g/mol. The number of likely N-dealkylation sites (tertiary alicyclic amines) is 1. The third-order valence-electron chi connectivity index (χ3n) is 11.3. The van der Waals surface area contributed by atoms with Gasteiger partial charge in [-0.1, -0.05) is 48.0 Å². The fourth-order valence-electron chi connectivity index (χ4n) is 8.52. The maximum atomic E-state index is 14.4. The molecule has 2 aliphatic carbocycles. The van der Waals surface area contributed by atoms with Crippen LogP contribution in [0.25, 0.3) is 21.9 Å². The first kappa shape index (κ1) is 33.5. The summed E-state index contributed by atoms with van der Waals surface area (Å²) in [6.07, 6.45) is 7.18. The highest BCUT2D eigenvalue weighted by Gasteiger charge is 2.47.